The summed E-state index contributed by atoms with van der Waals surface area (Å²) in [5.74, 6) is 1.49. The molecule has 0 spiro atoms. The van der Waals surface area contributed by atoms with Gasteiger partial charge in [-0.05, 0) is 42.3 Å². The number of ether oxygens (including phenoxy) is 5. The number of halogens is 1. The molecule has 2 aromatic rings. The first-order valence-corrected chi connectivity index (χ1v) is 12.7. The van der Waals surface area contributed by atoms with Crippen molar-refractivity contribution in [3.63, 3.8) is 0 Å². The number of hydrogen-bond acceptors (Lipinski definition) is 8. The molecular weight excluding hydrogens is 495 g/mol. The number of carbonyl (C=O) groups excluding carboxylic acids is 1. The van der Waals surface area contributed by atoms with Gasteiger partial charge in [-0.15, -0.1) is 0 Å². The number of benzene rings is 2. The van der Waals surface area contributed by atoms with Crippen molar-refractivity contribution in [2.45, 2.75) is 26.1 Å². The summed E-state index contributed by atoms with van der Waals surface area (Å²) in [6.07, 6.45) is -0.954. The van der Waals surface area contributed by atoms with E-state index in [2.05, 4.69) is 18.7 Å². The molecule has 2 atom stereocenters. The summed E-state index contributed by atoms with van der Waals surface area (Å²) >= 11 is 0. The number of methoxy groups -OCH3 is 3. The van der Waals surface area contributed by atoms with Crippen molar-refractivity contribution in [1.82, 2.24) is 9.80 Å². The maximum absolute atomic E-state index is 13.6. The fourth-order valence-electron chi connectivity index (χ4n) is 4.44. The van der Waals surface area contributed by atoms with E-state index in [0.717, 1.165) is 0 Å². The normalized spacial score (nSPS) is 16.7. The Balaban J connectivity index is 1.63. The third kappa shape index (κ3) is 8.21. The zero-order valence-electron chi connectivity index (χ0n) is 22.8. The molecule has 1 N–H and O–H groups in total. The van der Waals surface area contributed by atoms with Gasteiger partial charge in [0.05, 0.1) is 34.0 Å². The van der Waals surface area contributed by atoms with E-state index in [9.17, 15) is 14.3 Å². The fourth-order valence-corrected chi connectivity index (χ4v) is 4.44. The van der Waals surface area contributed by atoms with Crippen LogP contribution < -0.4 is 18.9 Å². The van der Waals surface area contributed by atoms with E-state index < -0.39 is 6.10 Å². The van der Waals surface area contributed by atoms with Crippen LogP contribution in [0, 0.1) is 11.7 Å². The second-order valence-electron chi connectivity index (χ2n) is 9.69. The third-order valence-electron chi connectivity index (χ3n) is 6.16. The maximum atomic E-state index is 13.6. The zero-order valence-corrected chi connectivity index (χ0v) is 22.8. The molecule has 0 bridgehead atoms. The summed E-state index contributed by atoms with van der Waals surface area (Å²) in [6, 6.07) is 9.00. The minimum absolute atomic E-state index is 0.0900. The van der Waals surface area contributed by atoms with Crippen molar-refractivity contribution >= 4 is 5.91 Å². The smallest absolute Gasteiger partial charge is 0.254 e. The highest BCUT2D eigenvalue weighted by Gasteiger charge is 2.28. The Morgan fingerprint density at radius 3 is 2.37 bits per heavy atom. The molecule has 9 nitrogen and oxygen atoms in total. The number of aliphatic hydroxyl groups excluding tert-OH is 1. The molecule has 0 aromatic heterocycles. The van der Waals surface area contributed by atoms with Gasteiger partial charge in [-0.2, -0.15) is 0 Å². The van der Waals surface area contributed by atoms with Crippen LogP contribution in [0.1, 0.15) is 24.2 Å². The quantitative estimate of drug-likeness (QED) is 0.420. The van der Waals surface area contributed by atoms with Crippen LogP contribution in [-0.2, 0) is 4.74 Å². The minimum atomic E-state index is -0.730. The van der Waals surface area contributed by atoms with Gasteiger partial charge in [-0.25, -0.2) is 4.39 Å². The molecule has 0 saturated carbocycles. The highest BCUT2D eigenvalue weighted by Crippen LogP contribution is 2.38. The van der Waals surface area contributed by atoms with Crippen LogP contribution in [0.15, 0.2) is 36.4 Å². The van der Waals surface area contributed by atoms with E-state index in [1.165, 1.54) is 45.6 Å². The van der Waals surface area contributed by atoms with Crippen molar-refractivity contribution < 1.29 is 38.0 Å². The van der Waals surface area contributed by atoms with E-state index in [1.807, 2.05) is 0 Å². The molecule has 0 unspecified atom stereocenters. The molecule has 1 saturated heterocycles. The van der Waals surface area contributed by atoms with Crippen LogP contribution in [0.3, 0.4) is 0 Å². The molecular formula is C28H39FN2O7. The molecule has 10 heteroatoms. The molecule has 1 amide bonds. The molecule has 3 rings (SSSR count). The van der Waals surface area contributed by atoms with Gasteiger partial charge in [-0.3, -0.25) is 9.69 Å². The minimum Gasteiger partial charge on any atom is -0.493 e. The zero-order chi connectivity index (χ0) is 27.7. The monoisotopic (exact) mass is 534 g/mol. The first-order chi connectivity index (χ1) is 18.2. The van der Waals surface area contributed by atoms with Gasteiger partial charge in [0.2, 0.25) is 5.75 Å². The number of amides is 1. The lowest BCUT2D eigenvalue weighted by Crippen LogP contribution is -2.51. The van der Waals surface area contributed by atoms with Gasteiger partial charge in [0.15, 0.2) is 11.5 Å². The molecule has 1 aliphatic heterocycles. The molecule has 2 aromatic carbocycles. The number of aliphatic hydroxyl groups is 1. The van der Waals surface area contributed by atoms with Crippen molar-refractivity contribution in [2.24, 2.45) is 5.92 Å². The lowest BCUT2D eigenvalue weighted by Gasteiger charge is -2.37. The van der Waals surface area contributed by atoms with E-state index in [-0.39, 0.29) is 30.4 Å². The topological polar surface area (TPSA) is 89.9 Å². The van der Waals surface area contributed by atoms with Gasteiger partial charge in [0.25, 0.3) is 5.91 Å². The number of rotatable bonds is 13. The van der Waals surface area contributed by atoms with Gasteiger partial charge in [0.1, 0.15) is 24.3 Å². The third-order valence-corrected chi connectivity index (χ3v) is 6.16. The molecule has 1 fully saturated rings. The van der Waals surface area contributed by atoms with Crippen molar-refractivity contribution in [3.05, 3.63) is 47.8 Å². The van der Waals surface area contributed by atoms with Crippen molar-refractivity contribution in [3.8, 4) is 23.0 Å². The number of nitrogens with zero attached hydrogens (tertiary/aromatic N) is 2. The van der Waals surface area contributed by atoms with Crippen LogP contribution in [0.25, 0.3) is 0 Å². The van der Waals surface area contributed by atoms with Crippen molar-refractivity contribution in [2.75, 3.05) is 67.3 Å². The molecule has 0 radical (unpaired) electrons. The van der Waals surface area contributed by atoms with Crippen LogP contribution in [0.4, 0.5) is 4.39 Å². The number of carbonyl (C=O) groups is 1. The van der Waals surface area contributed by atoms with Gasteiger partial charge in [-0.1, -0.05) is 13.8 Å². The molecule has 0 aliphatic carbocycles. The van der Waals surface area contributed by atoms with Gasteiger partial charge in [0, 0.05) is 38.3 Å². The Kier molecular flexibility index (Phi) is 11.0. The predicted octanol–water partition coefficient (Wildman–Crippen LogP) is 3.09. The Morgan fingerprint density at radius 2 is 1.79 bits per heavy atom. The predicted molar refractivity (Wildman–Crippen MR) is 141 cm³/mol. The van der Waals surface area contributed by atoms with E-state index in [0.29, 0.717) is 67.9 Å². The summed E-state index contributed by atoms with van der Waals surface area (Å²) < 4.78 is 40.9. The first-order valence-electron chi connectivity index (χ1n) is 12.7. The first kappa shape index (κ1) is 29.5. The average molecular weight is 535 g/mol. The highest BCUT2D eigenvalue weighted by molar-refractivity contribution is 5.95. The molecule has 210 valence electrons. The van der Waals surface area contributed by atoms with Gasteiger partial charge >= 0.3 is 0 Å². The highest BCUT2D eigenvalue weighted by atomic mass is 19.1. The van der Waals surface area contributed by atoms with E-state index in [1.54, 1.807) is 17.0 Å². The molecule has 1 aliphatic rings. The average Bonchev–Trinajstić information content (AvgIpc) is 2.91. The van der Waals surface area contributed by atoms with Crippen LogP contribution >= 0.6 is 0 Å². The van der Waals surface area contributed by atoms with Crippen LogP contribution in [0.5, 0.6) is 23.0 Å². The van der Waals surface area contributed by atoms with Crippen LogP contribution in [-0.4, -0.2) is 100 Å². The second kappa shape index (κ2) is 14.2. The summed E-state index contributed by atoms with van der Waals surface area (Å²) in [5.41, 5.74) is 0.432. The number of hydrogen-bond donors (Lipinski definition) is 1. The summed E-state index contributed by atoms with van der Waals surface area (Å²) in [6.45, 7) is 7.25. The van der Waals surface area contributed by atoms with Crippen molar-refractivity contribution in [1.29, 1.82) is 0 Å². The van der Waals surface area contributed by atoms with Gasteiger partial charge < -0.3 is 33.7 Å². The van der Waals surface area contributed by atoms with E-state index >= 15 is 0 Å². The summed E-state index contributed by atoms with van der Waals surface area (Å²) in [5, 5.41) is 10.5. The number of morpholine rings is 1. The lowest BCUT2D eigenvalue weighted by molar-refractivity contribution is -0.0542. The Morgan fingerprint density at radius 1 is 1.13 bits per heavy atom. The standard InChI is InChI=1S/C28H39FN2O7/c1-19(2)14-31(28(33)20-12-25(34-3)27(36-5)26(13-20)35-4)17-24-16-30(10-11-37-24)15-22(32)18-38-23-8-6-21(29)7-9-23/h6-9,12-13,19,22,24,32H,10-11,14-18H2,1-5H3/t22-,24-/m0/s1. The Bertz CT molecular complexity index is 1010. The fraction of sp³-hybridized carbons (Fsp3) is 0.536. The summed E-state index contributed by atoms with van der Waals surface area (Å²) in [7, 11) is 4.55. The molecule has 38 heavy (non-hydrogen) atoms. The lowest BCUT2D eigenvalue weighted by atomic mass is 10.1. The largest absolute Gasteiger partial charge is 0.493 e. The van der Waals surface area contributed by atoms with E-state index in [4.69, 9.17) is 23.7 Å². The maximum Gasteiger partial charge on any atom is 0.254 e. The number of β-amino-alcohol motifs (C(OH)–C–C–N with tert-alkyl or cyclic N) is 1. The molecule has 1 heterocycles. The Hall–Kier alpha value is -3.08. The summed E-state index contributed by atoms with van der Waals surface area (Å²) in [4.78, 5) is 17.5. The van der Waals surface area contributed by atoms with Crippen LogP contribution in [0.2, 0.25) is 0 Å². The SMILES string of the molecule is COc1cc(C(=O)N(CC(C)C)C[C@@H]2CN(C[C@H](O)COc3ccc(F)cc3)CCO2)cc(OC)c1OC. The Labute approximate surface area is 224 Å². The second-order valence-corrected chi connectivity index (χ2v) is 9.69.